The van der Waals surface area contributed by atoms with Gasteiger partial charge in [-0.2, -0.15) is 0 Å². The van der Waals surface area contributed by atoms with Crippen LogP contribution in [0.3, 0.4) is 0 Å². The Kier molecular flexibility index (Phi) is 5.50. The monoisotopic (exact) mass is 252 g/mol. The Morgan fingerprint density at radius 2 is 1.50 bits per heavy atom. The fourth-order valence-corrected chi connectivity index (χ4v) is 4.05. The molecule has 2 heteroatoms. The highest BCUT2D eigenvalue weighted by atomic mass is 15.2. The molecule has 18 heavy (non-hydrogen) atoms. The second kappa shape index (κ2) is 6.91. The van der Waals surface area contributed by atoms with Crippen LogP contribution >= 0.6 is 0 Å². The van der Waals surface area contributed by atoms with E-state index in [1.165, 1.54) is 64.3 Å². The molecule has 0 heterocycles. The van der Waals surface area contributed by atoms with Gasteiger partial charge >= 0.3 is 0 Å². The van der Waals surface area contributed by atoms with Gasteiger partial charge in [0.05, 0.1) is 0 Å². The van der Waals surface area contributed by atoms with Crippen molar-refractivity contribution in [2.24, 2.45) is 11.7 Å². The van der Waals surface area contributed by atoms with E-state index in [1.54, 1.807) is 0 Å². The van der Waals surface area contributed by atoms with Gasteiger partial charge in [0, 0.05) is 18.1 Å². The van der Waals surface area contributed by atoms with Crippen molar-refractivity contribution in [3.8, 4) is 0 Å². The molecule has 2 fully saturated rings. The van der Waals surface area contributed by atoms with Crippen molar-refractivity contribution in [2.75, 3.05) is 6.54 Å². The first-order valence-corrected chi connectivity index (χ1v) is 8.22. The Morgan fingerprint density at radius 3 is 2.17 bits per heavy atom. The summed E-state index contributed by atoms with van der Waals surface area (Å²) < 4.78 is 0. The normalized spacial score (nSPS) is 38.7. The first kappa shape index (κ1) is 14.3. The summed E-state index contributed by atoms with van der Waals surface area (Å²) in [5.74, 6) is 0.952. The van der Waals surface area contributed by atoms with Crippen LogP contribution in [0.2, 0.25) is 0 Å². The number of hydrogen-bond donors (Lipinski definition) is 1. The van der Waals surface area contributed by atoms with Crippen LogP contribution in [0.15, 0.2) is 0 Å². The largest absolute Gasteiger partial charge is 0.328 e. The van der Waals surface area contributed by atoms with E-state index in [1.807, 2.05) is 0 Å². The number of nitrogens with zero attached hydrogens (tertiary/aromatic N) is 1. The van der Waals surface area contributed by atoms with E-state index in [-0.39, 0.29) is 0 Å². The molecule has 0 aromatic carbocycles. The Morgan fingerprint density at radius 1 is 0.889 bits per heavy atom. The quantitative estimate of drug-likeness (QED) is 0.778. The fourth-order valence-electron chi connectivity index (χ4n) is 4.05. The predicted molar refractivity (Wildman–Crippen MR) is 78.6 cm³/mol. The van der Waals surface area contributed by atoms with Gasteiger partial charge in [0.15, 0.2) is 0 Å². The molecule has 0 aromatic rings. The zero-order chi connectivity index (χ0) is 13.0. The van der Waals surface area contributed by atoms with Gasteiger partial charge in [-0.05, 0) is 57.4 Å². The van der Waals surface area contributed by atoms with Gasteiger partial charge < -0.3 is 5.73 Å². The smallest absolute Gasteiger partial charge is 0.00992 e. The Hall–Kier alpha value is -0.0800. The van der Waals surface area contributed by atoms with Crippen LogP contribution in [0.5, 0.6) is 0 Å². The van der Waals surface area contributed by atoms with E-state index < -0.39 is 0 Å². The fraction of sp³-hybridized carbons (Fsp3) is 1.00. The molecule has 0 amide bonds. The highest BCUT2D eigenvalue weighted by Crippen LogP contribution is 2.30. The number of rotatable bonds is 3. The SMILES string of the molecule is CCN(C1CCCC(C)CC1)C1CCC(N)CC1. The van der Waals surface area contributed by atoms with Gasteiger partial charge in [0.25, 0.3) is 0 Å². The zero-order valence-electron chi connectivity index (χ0n) is 12.4. The topological polar surface area (TPSA) is 29.3 Å². The highest BCUT2D eigenvalue weighted by molar-refractivity contribution is 4.85. The van der Waals surface area contributed by atoms with E-state index in [0.29, 0.717) is 6.04 Å². The lowest BCUT2D eigenvalue weighted by Gasteiger charge is -2.40. The summed E-state index contributed by atoms with van der Waals surface area (Å²) in [6.45, 7) is 6.01. The molecule has 2 saturated carbocycles. The molecule has 0 bridgehead atoms. The van der Waals surface area contributed by atoms with Crippen LogP contribution in [0, 0.1) is 5.92 Å². The van der Waals surface area contributed by atoms with E-state index in [0.717, 1.165) is 18.0 Å². The average molecular weight is 252 g/mol. The van der Waals surface area contributed by atoms with Crippen molar-refractivity contribution < 1.29 is 0 Å². The summed E-state index contributed by atoms with van der Waals surface area (Å²) in [5.41, 5.74) is 6.04. The van der Waals surface area contributed by atoms with Gasteiger partial charge in [-0.15, -0.1) is 0 Å². The van der Waals surface area contributed by atoms with Crippen LogP contribution in [-0.4, -0.2) is 29.6 Å². The summed E-state index contributed by atoms with van der Waals surface area (Å²) in [6, 6.07) is 2.17. The second-order valence-corrected chi connectivity index (χ2v) is 6.67. The lowest BCUT2D eigenvalue weighted by molar-refractivity contribution is 0.0958. The third-order valence-electron chi connectivity index (χ3n) is 5.27. The molecule has 0 saturated heterocycles. The average Bonchev–Trinajstić information content (AvgIpc) is 2.58. The van der Waals surface area contributed by atoms with E-state index in [9.17, 15) is 0 Å². The van der Waals surface area contributed by atoms with Crippen molar-refractivity contribution in [2.45, 2.75) is 89.8 Å². The highest BCUT2D eigenvalue weighted by Gasteiger charge is 2.29. The molecule has 2 nitrogen and oxygen atoms in total. The van der Waals surface area contributed by atoms with Crippen LogP contribution in [0.1, 0.15) is 71.6 Å². The summed E-state index contributed by atoms with van der Waals surface area (Å²) >= 11 is 0. The molecule has 2 atom stereocenters. The minimum Gasteiger partial charge on any atom is -0.328 e. The van der Waals surface area contributed by atoms with Gasteiger partial charge in [0.2, 0.25) is 0 Å². The predicted octanol–water partition coefficient (Wildman–Crippen LogP) is 3.55. The maximum Gasteiger partial charge on any atom is 0.00992 e. The summed E-state index contributed by atoms with van der Waals surface area (Å²) in [5, 5.41) is 0. The molecule has 2 unspecified atom stereocenters. The maximum atomic E-state index is 6.04. The standard InChI is InChI=1S/C16H32N2/c1-3-18(16-11-8-14(17)9-12-16)15-6-4-5-13(2)7-10-15/h13-16H,3-12,17H2,1-2H3. The molecular weight excluding hydrogens is 220 g/mol. The molecule has 0 spiro atoms. The van der Waals surface area contributed by atoms with Gasteiger partial charge in [-0.25, -0.2) is 0 Å². The Labute approximate surface area is 113 Å². The van der Waals surface area contributed by atoms with Gasteiger partial charge in [-0.3, -0.25) is 4.90 Å². The third kappa shape index (κ3) is 3.71. The van der Waals surface area contributed by atoms with E-state index in [4.69, 9.17) is 5.73 Å². The van der Waals surface area contributed by atoms with Crippen LogP contribution < -0.4 is 5.73 Å². The van der Waals surface area contributed by atoms with Crippen molar-refractivity contribution in [1.82, 2.24) is 4.90 Å². The maximum absolute atomic E-state index is 6.04. The lowest BCUT2D eigenvalue weighted by Crippen LogP contribution is -2.46. The summed E-state index contributed by atoms with van der Waals surface area (Å²) in [4.78, 5) is 2.82. The van der Waals surface area contributed by atoms with E-state index >= 15 is 0 Å². The van der Waals surface area contributed by atoms with Gasteiger partial charge in [-0.1, -0.05) is 26.7 Å². The van der Waals surface area contributed by atoms with Crippen molar-refractivity contribution in [3.63, 3.8) is 0 Å². The van der Waals surface area contributed by atoms with Crippen molar-refractivity contribution >= 4 is 0 Å². The Balaban J connectivity index is 1.90. The van der Waals surface area contributed by atoms with Crippen molar-refractivity contribution in [3.05, 3.63) is 0 Å². The van der Waals surface area contributed by atoms with Crippen LogP contribution in [-0.2, 0) is 0 Å². The summed E-state index contributed by atoms with van der Waals surface area (Å²) in [7, 11) is 0. The molecule has 0 aliphatic heterocycles. The molecule has 2 rings (SSSR count). The summed E-state index contributed by atoms with van der Waals surface area (Å²) in [6.07, 6.45) is 12.3. The lowest BCUT2D eigenvalue weighted by atomic mass is 9.89. The number of nitrogens with two attached hydrogens (primary N) is 1. The molecule has 2 N–H and O–H groups in total. The molecule has 2 aliphatic carbocycles. The molecular formula is C16H32N2. The minimum atomic E-state index is 0.481. The molecule has 2 aliphatic rings. The van der Waals surface area contributed by atoms with Crippen LogP contribution in [0.25, 0.3) is 0 Å². The molecule has 106 valence electrons. The van der Waals surface area contributed by atoms with Crippen molar-refractivity contribution in [1.29, 1.82) is 0 Å². The third-order valence-corrected chi connectivity index (χ3v) is 5.27. The molecule has 0 radical (unpaired) electrons. The Bertz CT molecular complexity index is 233. The second-order valence-electron chi connectivity index (χ2n) is 6.67. The van der Waals surface area contributed by atoms with E-state index in [2.05, 4.69) is 18.7 Å². The van der Waals surface area contributed by atoms with Gasteiger partial charge in [0.1, 0.15) is 0 Å². The number of hydrogen-bond acceptors (Lipinski definition) is 2. The zero-order valence-corrected chi connectivity index (χ0v) is 12.4. The minimum absolute atomic E-state index is 0.481. The van der Waals surface area contributed by atoms with Crippen LogP contribution in [0.4, 0.5) is 0 Å². The first-order chi connectivity index (χ1) is 8.70. The first-order valence-electron chi connectivity index (χ1n) is 8.22. The molecule has 0 aromatic heterocycles.